The van der Waals surface area contributed by atoms with Crippen molar-refractivity contribution in [3.8, 4) is 0 Å². The summed E-state index contributed by atoms with van der Waals surface area (Å²) in [6, 6.07) is 5.44. The molecule has 1 aromatic rings. The highest BCUT2D eigenvalue weighted by molar-refractivity contribution is 5.90. The Hall–Kier alpha value is -2.64. The van der Waals surface area contributed by atoms with E-state index < -0.39 is 0 Å². The van der Waals surface area contributed by atoms with Gasteiger partial charge in [-0.15, -0.1) is 0 Å². The average molecular weight is 348 g/mol. The summed E-state index contributed by atoms with van der Waals surface area (Å²) in [5.74, 6) is 0.724. The van der Waals surface area contributed by atoms with Crippen molar-refractivity contribution in [3.63, 3.8) is 0 Å². The molecule has 25 heavy (non-hydrogen) atoms. The molecular weight excluding hydrogens is 320 g/mol. The maximum absolute atomic E-state index is 11.9. The van der Waals surface area contributed by atoms with Crippen molar-refractivity contribution in [3.05, 3.63) is 23.9 Å². The number of aromatic nitrogens is 1. The minimum Gasteiger partial charge on any atom is -0.356 e. The van der Waals surface area contributed by atoms with Gasteiger partial charge in [-0.2, -0.15) is 0 Å². The molecule has 0 bridgehead atoms. The Bertz CT molecular complexity index is 622. The lowest BCUT2D eigenvalue weighted by Gasteiger charge is -2.21. The van der Waals surface area contributed by atoms with Crippen molar-refractivity contribution in [2.75, 3.05) is 25.5 Å². The molecule has 0 fully saturated rings. The van der Waals surface area contributed by atoms with Crippen LogP contribution in [0.4, 0.5) is 5.82 Å². The van der Waals surface area contributed by atoms with E-state index >= 15 is 0 Å². The molecule has 4 N–H and O–H groups in total. The highest BCUT2D eigenvalue weighted by Gasteiger charge is 2.13. The van der Waals surface area contributed by atoms with Crippen LogP contribution in [0.3, 0.4) is 0 Å². The smallest absolute Gasteiger partial charge is 0.239 e. The number of aliphatic imine (C=N–C) groups is 1. The largest absolute Gasteiger partial charge is 0.356 e. The first-order valence-corrected chi connectivity index (χ1v) is 8.18. The van der Waals surface area contributed by atoms with Gasteiger partial charge in [0, 0.05) is 31.2 Å². The quantitative estimate of drug-likeness (QED) is 0.449. The molecule has 0 atom stereocenters. The summed E-state index contributed by atoms with van der Waals surface area (Å²) in [4.78, 5) is 31.9. The van der Waals surface area contributed by atoms with Crippen molar-refractivity contribution in [1.29, 1.82) is 0 Å². The van der Waals surface area contributed by atoms with Gasteiger partial charge < -0.3 is 21.3 Å². The average Bonchev–Trinajstić information content (AvgIpc) is 2.49. The van der Waals surface area contributed by atoms with Crippen molar-refractivity contribution < 1.29 is 9.59 Å². The van der Waals surface area contributed by atoms with Crippen LogP contribution in [-0.2, 0) is 9.59 Å². The summed E-state index contributed by atoms with van der Waals surface area (Å²) in [6.07, 6.45) is 0.254. The van der Waals surface area contributed by atoms with Crippen LogP contribution in [0, 0.1) is 6.92 Å². The van der Waals surface area contributed by atoms with Gasteiger partial charge in [-0.25, -0.2) is 4.98 Å². The number of guanidine groups is 1. The van der Waals surface area contributed by atoms with Crippen LogP contribution >= 0.6 is 0 Å². The summed E-state index contributed by atoms with van der Waals surface area (Å²) < 4.78 is 0. The number of amides is 2. The van der Waals surface area contributed by atoms with Crippen LogP contribution in [0.2, 0.25) is 0 Å². The summed E-state index contributed by atoms with van der Waals surface area (Å²) in [5.41, 5.74) is 0.562. The first-order chi connectivity index (χ1) is 11.7. The van der Waals surface area contributed by atoms with E-state index in [-0.39, 0.29) is 30.3 Å². The molecule has 8 nitrogen and oxygen atoms in total. The van der Waals surface area contributed by atoms with Crippen molar-refractivity contribution >= 4 is 23.6 Å². The van der Waals surface area contributed by atoms with E-state index in [1.807, 2.05) is 39.8 Å². The molecule has 8 heteroatoms. The van der Waals surface area contributed by atoms with Crippen LogP contribution in [-0.4, -0.2) is 48.4 Å². The standard InChI is InChI=1S/C17H28N6O2/c1-12-7-6-8-13(21-12)22-14(24)9-10-19-16(18-5)20-11-15(25)23-17(2,3)4/h6-8H,9-11H2,1-5H3,(H,23,25)(H2,18,19,20)(H,21,22,24). The number of hydrogen-bond acceptors (Lipinski definition) is 4. The van der Waals surface area contributed by atoms with Gasteiger partial charge in [-0.3, -0.25) is 14.6 Å². The first-order valence-electron chi connectivity index (χ1n) is 8.18. The summed E-state index contributed by atoms with van der Waals surface area (Å²) in [7, 11) is 1.60. The molecule has 1 aromatic heterocycles. The second-order valence-corrected chi connectivity index (χ2v) is 6.61. The zero-order chi connectivity index (χ0) is 18.9. The third-order valence-electron chi connectivity index (χ3n) is 2.95. The maximum atomic E-state index is 11.9. The predicted molar refractivity (Wildman–Crippen MR) is 99.5 cm³/mol. The molecule has 2 amide bonds. The number of aryl methyl sites for hydroxylation is 1. The van der Waals surface area contributed by atoms with E-state index in [0.29, 0.717) is 18.3 Å². The van der Waals surface area contributed by atoms with Crippen molar-refractivity contribution in [2.45, 2.75) is 39.7 Å². The Labute approximate surface area is 148 Å². The van der Waals surface area contributed by atoms with Gasteiger partial charge in [0.15, 0.2) is 5.96 Å². The first kappa shape index (κ1) is 20.4. The number of nitrogens with one attached hydrogen (secondary N) is 4. The Balaban J connectivity index is 2.30. The SMILES string of the molecule is CN=C(NCCC(=O)Nc1cccc(C)n1)NCC(=O)NC(C)(C)C. The zero-order valence-electron chi connectivity index (χ0n) is 15.6. The zero-order valence-corrected chi connectivity index (χ0v) is 15.6. The molecular formula is C17H28N6O2. The van der Waals surface area contributed by atoms with E-state index in [0.717, 1.165) is 5.69 Å². The Morgan fingerprint density at radius 3 is 2.48 bits per heavy atom. The maximum Gasteiger partial charge on any atom is 0.239 e. The second kappa shape index (κ2) is 9.61. The van der Waals surface area contributed by atoms with Crippen LogP contribution in [0.5, 0.6) is 0 Å². The second-order valence-electron chi connectivity index (χ2n) is 6.61. The van der Waals surface area contributed by atoms with E-state index in [9.17, 15) is 9.59 Å². The topological polar surface area (TPSA) is 108 Å². The van der Waals surface area contributed by atoms with E-state index in [4.69, 9.17) is 0 Å². The monoisotopic (exact) mass is 348 g/mol. The number of nitrogens with zero attached hydrogens (tertiary/aromatic N) is 2. The number of anilines is 1. The van der Waals surface area contributed by atoms with Gasteiger partial charge in [0.1, 0.15) is 5.82 Å². The number of pyridine rings is 1. The molecule has 1 rings (SSSR count). The molecule has 138 valence electrons. The van der Waals surface area contributed by atoms with Crippen LogP contribution in [0.1, 0.15) is 32.9 Å². The molecule has 0 saturated carbocycles. The molecule has 0 radical (unpaired) electrons. The van der Waals surface area contributed by atoms with E-state index in [1.165, 1.54) is 0 Å². The van der Waals surface area contributed by atoms with Crippen LogP contribution in [0.25, 0.3) is 0 Å². The summed E-state index contributed by atoms with van der Waals surface area (Å²) in [6.45, 7) is 8.11. The molecule has 0 unspecified atom stereocenters. The van der Waals surface area contributed by atoms with Gasteiger partial charge in [0.2, 0.25) is 11.8 Å². The summed E-state index contributed by atoms with van der Waals surface area (Å²) in [5, 5.41) is 11.5. The van der Waals surface area contributed by atoms with Gasteiger partial charge in [-0.05, 0) is 39.8 Å². The highest BCUT2D eigenvalue weighted by Crippen LogP contribution is 2.03. The lowest BCUT2D eigenvalue weighted by atomic mass is 10.1. The molecule has 0 aliphatic carbocycles. The van der Waals surface area contributed by atoms with Gasteiger partial charge in [0.25, 0.3) is 0 Å². The van der Waals surface area contributed by atoms with Crippen LogP contribution < -0.4 is 21.3 Å². The Kier molecular flexibility index (Phi) is 7.84. The number of hydrogen-bond donors (Lipinski definition) is 4. The lowest BCUT2D eigenvalue weighted by molar-refractivity contribution is -0.121. The Morgan fingerprint density at radius 2 is 1.88 bits per heavy atom. The number of carbonyl (C=O) groups excluding carboxylic acids is 2. The predicted octanol–water partition coefficient (Wildman–Crippen LogP) is 0.798. The molecule has 0 aliphatic rings. The fraction of sp³-hybridized carbons (Fsp3) is 0.529. The fourth-order valence-corrected chi connectivity index (χ4v) is 1.96. The molecule has 1 heterocycles. The molecule has 0 aromatic carbocycles. The minimum atomic E-state index is -0.280. The normalized spacial score (nSPS) is 11.6. The Morgan fingerprint density at radius 1 is 1.16 bits per heavy atom. The number of rotatable bonds is 6. The summed E-state index contributed by atoms with van der Waals surface area (Å²) >= 11 is 0. The van der Waals surface area contributed by atoms with Gasteiger partial charge in [0.05, 0.1) is 6.54 Å². The lowest BCUT2D eigenvalue weighted by Crippen LogP contribution is -2.48. The molecule has 0 aliphatic heterocycles. The highest BCUT2D eigenvalue weighted by atomic mass is 16.2. The van der Waals surface area contributed by atoms with E-state index in [2.05, 4.69) is 31.2 Å². The third kappa shape index (κ3) is 9.29. The van der Waals surface area contributed by atoms with Crippen molar-refractivity contribution in [1.82, 2.24) is 20.9 Å². The molecule has 0 saturated heterocycles. The fourth-order valence-electron chi connectivity index (χ4n) is 1.96. The molecule has 0 spiro atoms. The van der Waals surface area contributed by atoms with Crippen molar-refractivity contribution in [2.24, 2.45) is 4.99 Å². The third-order valence-corrected chi connectivity index (χ3v) is 2.95. The van der Waals surface area contributed by atoms with E-state index in [1.54, 1.807) is 13.1 Å². The van der Waals surface area contributed by atoms with Crippen LogP contribution in [0.15, 0.2) is 23.2 Å². The number of carbonyl (C=O) groups is 2. The van der Waals surface area contributed by atoms with Gasteiger partial charge in [-0.1, -0.05) is 6.07 Å². The minimum absolute atomic E-state index is 0.107. The van der Waals surface area contributed by atoms with Gasteiger partial charge >= 0.3 is 0 Å².